The van der Waals surface area contributed by atoms with E-state index < -0.39 is 12.1 Å². The van der Waals surface area contributed by atoms with Gasteiger partial charge in [0.25, 0.3) is 0 Å². The third kappa shape index (κ3) is 11.4. The summed E-state index contributed by atoms with van der Waals surface area (Å²) in [5, 5.41) is 24.5. The number of carbonyl (C=O) groups is 2. The summed E-state index contributed by atoms with van der Waals surface area (Å²) < 4.78 is 15.1. The first-order valence-electron chi connectivity index (χ1n) is 22.1. The van der Waals surface area contributed by atoms with Crippen LogP contribution in [-0.2, 0) is 9.59 Å². The predicted octanol–water partition coefficient (Wildman–Crippen LogP) is 9.41. The summed E-state index contributed by atoms with van der Waals surface area (Å²) in [7, 11) is 3.62. The summed E-state index contributed by atoms with van der Waals surface area (Å²) >= 11 is 12.2. The number of ether oxygens (including phenoxy) is 2. The maximum atomic E-state index is 12.5. The Morgan fingerprint density at radius 3 is 1.70 bits per heavy atom. The van der Waals surface area contributed by atoms with E-state index in [-0.39, 0.29) is 18.7 Å². The van der Waals surface area contributed by atoms with Crippen LogP contribution in [0, 0.1) is 19.3 Å². The molecule has 0 spiro atoms. The Morgan fingerprint density at radius 1 is 0.742 bits per heavy atom. The zero-order valence-corrected chi connectivity index (χ0v) is 40.5. The number of aldehydes is 1. The Kier molecular flexibility index (Phi) is 16.6. The second-order valence-electron chi connectivity index (χ2n) is 16.5. The van der Waals surface area contributed by atoms with Crippen LogP contribution < -0.4 is 20.1 Å². The summed E-state index contributed by atoms with van der Waals surface area (Å²) in [6.07, 6.45) is 2.50. The molecule has 4 heterocycles. The second kappa shape index (κ2) is 22.3. The van der Waals surface area contributed by atoms with Gasteiger partial charge in [0.15, 0.2) is 11.6 Å². The zero-order chi connectivity index (χ0) is 47.5. The number of fused-ring (bicyclic) bond motifs is 6. The topological polar surface area (TPSA) is 163 Å². The minimum Gasteiger partial charge on any atom is -0.497 e. The molecular weight excluding hydrogens is 876 g/mol. The maximum Gasteiger partial charge on any atom is 0.222 e. The molecule has 6 aromatic rings. The van der Waals surface area contributed by atoms with Gasteiger partial charge in [-0.15, -0.1) is 20.4 Å². The largest absolute Gasteiger partial charge is 0.497 e. The minimum atomic E-state index is -0.485. The molecule has 2 aliphatic heterocycles. The van der Waals surface area contributed by atoms with Gasteiger partial charge in [0.2, 0.25) is 5.91 Å². The van der Waals surface area contributed by atoms with Crippen LogP contribution in [0.5, 0.6) is 11.5 Å². The quantitative estimate of drug-likeness (QED) is 0.108. The summed E-state index contributed by atoms with van der Waals surface area (Å²) in [4.78, 5) is 33.7. The number of aryl methyl sites for hydroxylation is 2. The van der Waals surface area contributed by atoms with Crippen molar-refractivity contribution in [3.05, 3.63) is 141 Å². The van der Waals surface area contributed by atoms with Crippen molar-refractivity contribution < 1.29 is 19.1 Å². The molecule has 4 aromatic carbocycles. The molecule has 2 N–H and O–H groups in total. The summed E-state index contributed by atoms with van der Waals surface area (Å²) in [5.41, 5.74) is 7.37. The average molecular weight is 934 g/mol. The van der Waals surface area contributed by atoms with Crippen molar-refractivity contribution in [2.75, 3.05) is 33.9 Å². The van der Waals surface area contributed by atoms with Gasteiger partial charge in [-0.1, -0.05) is 68.2 Å². The number of halogens is 2. The van der Waals surface area contributed by atoms with Gasteiger partial charge in [-0.3, -0.25) is 23.9 Å². The molecule has 0 fully saturated rings. The fourth-order valence-corrected chi connectivity index (χ4v) is 7.90. The zero-order valence-electron chi connectivity index (χ0n) is 39.0. The minimum absolute atomic E-state index is 0.0835. The molecular formula is C50H58Cl2N10O4. The van der Waals surface area contributed by atoms with E-state index in [0.717, 1.165) is 81.0 Å². The van der Waals surface area contributed by atoms with Crippen molar-refractivity contribution in [2.45, 2.75) is 79.8 Å². The number of hydrogen-bond acceptors (Lipinski definition) is 11. The summed E-state index contributed by atoms with van der Waals surface area (Å²) in [6, 6.07) is 25.8. The van der Waals surface area contributed by atoms with Crippen LogP contribution in [0.25, 0.3) is 11.4 Å². The average Bonchev–Trinajstić information content (AvgIpc) is 3.81. The molecule has 0 unspecified atom stereocenters. The van der Waals surface area contributed by atoms with E-state index in [4.69, 9.17) is 42.7 Å². The van der Waals surface area contributed by atoms with Crippen LogP contribution in [0.15, 0.2) is 94.9 Å². The van der Waals surface area contributed by atoms with Gasteiger partial charge in [0.1, 0.15) is 41.5 Å². The predicted molar refractivity (Wildman–Crippen MR) is 262 cm³/mol. The first-order valence-corrected chi connectivity index (χ1v) is 22.8. The van der Waals surface area contributed by atoms with E-state index in [9.17, 15) is 9.59 Å². The highest BCUT2D eigenvalue weighted by Gasteiger charge is 2.31. The molecule has 0 radical (unpaired) electrons. The lowest BCUT2D eigenvalue weighted by atomic mass is 9.90. The van der Waals surface area contributed by atoms with Crippen LogP contribution in [0.3, 0.4) is 0 Å². The standard InChI is InChI=1S/C23H24ClN5O2.C20H17ClN4O2.C7H17N/c1-4-25-21(30)13-19-23-28-27-14(3)29(23)20-11-10-17(31-5-2)12-18(20)22(26-19)15-6-8-16(24)9-7-15;1-12-23-24-20-17(9-10-26)22-19(13-3-5-14(21)6-4-13)16-11-15(27-2)7-8-18(16)25(12)20;1-5-7(2,3)6-8-4/h6-12,19H,4-5,13H2,1-3H3,(H,25,30);3-8,10-11,17H,9H2,1-2H3;8H,5-6H2,1-4H3/t19-;17-;/m00./s1. The second-order valence-corrected chi connectivity index (χ2v) is 17.4. The van der Waals surface area contributed by atoms with Gasteiger partial charge in [-0.05, 0) is 114 Å². The van der Waals surface area contributed by atoms with Gasteiger partial charge >= 0.3 is 0 Å². The van der Waals surface area contributed by atoms with Crippen molar-refractivity contribution >= 4 is 46.8 Å². The van der Waals surface area contributed by atoms with Gasteiger partial charge in [-0.2, -0.15) is 0 Å². The Bertz CT molecular complexity index is 2690. The molecule has 8 rings (SSSR count). The fourth-order valence-electron chi connectivity index (χ4n) is 7.64. The fraction of sp³-hybridized carbons (Fsp3) is 0.360. The third-order valence-corrected chi connectivity index (χ3v) is 11.8. The first kappa shape index (κ1) is 49.2. The molecule has 2 aliphatic rings. The van der Waals surface area contributed by atoms with E-state index in [0.29, 0.717) is 40.3 Å². The summed E-state index contributed by atoms with van der Waals surface area (Å²) in [5.74, 6) is 4.13. The maximum absolute atomic E-state index is 12.5. The molecule has 346 valence electrons. The molecule has 0 saturated heterocycles. The molecule has 1 amide bonds. The van der Waals surface area contributed by atoms with E-state index >= 15 is 0 Å². The molecule has 0 bridgehead atoms. The SMILES string of the molecule is CCC(C)(C)CNC.CCNC(=O)C[C@@H]1N=C(c2ccc(Cl)cc2)c2cc(OCC)ccc2-n2c(C)nnc21.COc1ccc2c(c1)C(c1ccc(Cl)cc1)=N[C@@H](CC=O)c1nnc(C)n1-2. The van der Waals surface area contributed by atoms with Crippen LogP contribution >= 0.6 is 23.2 Å². The van der Waals surface area contributed by atoms with Crippen molar-refractivity contribution in [1.29, 1.82) is 0 Å². The number of nitrogens with one attached hydrogen (secondary N) is 2. The lowest BCUT2D eigenvalue weighted by Gasteiger charge is -2.21. The highest BCUT2D eigenvalue weighted by molar-refractivity contribution is 6.31. The van der Waals surface area contributed by atoms with Gasteiger partial charge in [0.05, 0.1) is 42.9 Å². The number of amides is 1. The highest BCUT2D eigenvalue weighted by atomic mass is 35.5. The van der Waals surface area contributed by atoms with Crippen molar-refractivity contribution in [3.63, 3.8) is 0 Å². The third-order valence-electron chi connectivity index (χ3n) is 11.3. The van der Waals surface area contributed by atoms with Crippen LogP contribution in [0.4, 0.5) is 0 Å². The molecule has 0 aliphatic carbocycles. The molecule has 2 atom stereocenters. The number of rotatable bonds is 13. The molecule has 2 aromatic heterocycles. The molecule has 66 heavy (non-hydrogen) atoms. The highest BCUT2D eigenvalue weighted by Crippen LogP contribution is 2.36. The van der Waals surface area contributed by atoms with E-state index in [1.54, 1.807) is 7.11 Å². The van der Waals surface area contributed by atoms with E-state index in [2.05, 4.69) is 51.8 Å². The van der Waals surface area contributed by atoms with Crippen LogP contribution in [-0.4, -0.2) is 87.0 Å². The smallest absolute Gasteiger partial charge is 0.222 e. The number of aliphatic imine (C=N–C) groups is 2. The monoisotopic (exact) mass is 932 g/mol. The molecule has 14 nitrogen and oxygen atoms in total. The number of carbonyl (C=O) groups excluding carboxylic acids is 2. The Labute approximate surface area is 396 Å². The summed E-state index contributed by atoms with van der Waals surface area (Å²) in [6.45, 7) is 16.6. The van der Waals surface area contributed by atoms with Gasteiger partial charge < -0.3 is 24.9 Å². The Balaban J connectivity index is 0.000000189. The number of aromatic nitrogens is 6. The lowest BCUT2D eigenvalue weighted by Crippen LogP contribution is -2.25. The number of benzene rings is 4. The van der Waals surface area contributed by atoms with Crippen LogP contribution in [0.2, 0.25) is 10.0 Å². The molecule has 16 heteroatoms. The first-order chi connectivity index (χ1) is 31.8. The van der Waals surface area contributed by atoms with Crippen LogP contribution in [0.1, 0.15) is 112 Å². The Hall–Kier alpha value is -6.22. The van der Waals surface area contributed by atoms with Gasteiger partial charge in [-0.25, -0.2) is 0 Å². The van der Waals surface area contributed by atoms with Crippen molar-refractivity contribution in [2.24, 2.45) is 15.4 Å². The van der Waals surface area contributed by atoms with E-state index in [1.807, 2.05) is 129 Å². The van der Waals surface area contributed by atoms with E-state index in [1.165, 1.54) is 6.42 Å². The number of methoxy groups -OCH3 is 1. The lowest BCUT2D eigenvalue weighted by molar-refractivity contribution is -0.121. The van der Waals surface area contributed by atoms with Crippen molar-refractivity contribution in [1.82, 2.24) is 40.2 Å². The van der Waals surface area contributed by atoms with Gasteiger partial charge in [0, 0.05) is 45.3 Å². The van der Waals surface area contributed by atoms with Crippen molar-refractivity contribution in [3.8, 4) is 22.9 Å². The number of hydrogen-bond donors (Lipinski definition) is 2. The Morgan fingerprint density at radius 2 is 1.24 bits per heavy atom. The number of nitrogens with zero attached hydrogens (tertiary/aromatic N) is 8. The normalized spacial score (nSPS) is 14.7. The molecule has 0 saturated carbocycles.